The lowest BCUT2D eigenvalue weighted by atomic mass is 10.0. The molecule has 2 fully saturated rings. The van der Waals surface area contributed by atoms with Crippen LogP contribution in [0.1, 0.15) is 22.8 Å². The number of carbonyl (C=O) groups is 1. The first-order chi connectivity index (χ1) is 19.9. The zero-order chi connectivity index (χ0) is 28.5. The number of hydrogen-bond donors (Lipinski definition) is 1. The van der Waals surface area contributed by atoms with Gasteiger partial charge in [0.05, 0.1) is 13.2 Å². The summed E-state index contributed by atoms with van der Waals surface area (Å²) in [5.41, 5.74) is 4.30. The highest BCUT2D eigenvalue weighted by atomic mass is 19.1. The Balaban J connectivity index is 1.23. The number of anilines is 3. The summed E-state index contributed by atoms with van der Waals surface area (Å²) in [5, 5.41) is 3.23. The van der Waals surface area contributed by atoms with Crippen molar-refractivity contribution < 1.29 is 22.7 Å². The highest BCUT2D eigenvalue weighted by molar-refractivity contribution is 5.97. The molecule has 0 spiro atoms. The number of oxazole rings is 1. The van der Waals surface area contributed by atoms with Crippen molar-refractivity contribution in [3.05, 3.63) is 71.3 Å². The van der Waals surface area contributed by atoms with Crippen LogP contribution in [0.2, 0.25) is 0 Å². The second-order valence-electron chi connectivity index (χ2n) is 10.4. The van der Waals surface area contributed by atoms with Crippen LogP contribution in [0.3, 0.4) is 0 Å². The fraction of sp³-hybridized carbons (Fsp3) is 0.355. The fourth-order valence-electron chi connectivity index (χ4n) is 5.60. The molecule has 0 saturated carbocycles. The van der Waals surface area contributed by atoms with Gasteiger partial charge in [-0.3, -0.25) is 4.79 Å². The van der Waals surface area contributed by atoms with Gasteiger partial charge < -0.3 is 29.2 Å². The van der Waals surface area contributed by atoms with Crippen LogP contribution in [0.25, 0.3) is 22.2 Å². The van der Waals surface area contributed by atoms with Crippen LogP contribution in [-0.2, 0) is 4.74 Å². The minimum atomic E-state index is -0.918. The van der Waals surface area contributed by atoms with E-state index < -0.39 is 23.1 Å². The molecule has 2 saturated heterocycles. The number of aryl methyl sites for hydroxylation is 1. The lowest BCUT2D eigenvalue weighted by Crippen LogP contribution is -2.46. The second-order valence-corrected chi connectivity index (χ2v) is 10.4. The van der Waals surface area contributed by atoms with E-state index in [1.165, 1.54) is 22.7 Å². The molecule has 8 nitrogen and oxygen atoms in total. The van der Waals surface area contributed by atoms with Gasteiger partial charge in [-0.05, 0) is 61.0 Å². The number of rotatable bonds is 6. The summed E-state index contributed by atoms with van der Waals surface area (Å²) in [6, 6.07) is 14.0. The van der Waals surface area contributed by atoms with Crippen LogP contribution in [0.4, 0.5) is 26.2 Å². The molecular weight excluding hydrogens is 528 g/mol. The zero-order valence-electron chi connectivity index (χ0n) is 23.3. The number of ether oxygens (including phenoxy) is 1. The molecule has 2 aliphatic rings. The Bertz CT molecular complexity index is 1550. The molecule has 1 N–H and O–H groups in total. The molecule has 2 aliphatic heterocycles. The van der Waals surface area contributed by atoms with Crippen molar-refractivity contribution in [2.45, 2.75) is 13.8 Å². The monoisotopic (exact) mass is 561 g/mol. The van der Waals surface area contributed by atoms with Crippen molar-refractivity contribution in [3.63, 3.8) is 0 Å². The van der Waals surface area contributed by atoms with Gasteiger partial charge in [-0.25, -0.2) is 8.78 Å². The van der Waals surface area contributed by atoms with Crippen LogP contribution in [0, 0.1) is 18.6 Å². The molecule has 1 amide bonds. The largest absolute Gasteiger partial charge is 0.423 e. The summed E-state index contributed by atoms with van der Waals surface area (Å²) in [6.07, 6.45) is 0. The molecule has 10 heteroatoms. The van der Waals surface area contributed by atoms with Crippen LogP contribution < -0.4 is 10.2 Å². The van der Waals surface area contributed by atoms with E-state index in [-0.39, 0.29) is 11.6 Å². The van der Waals surface area contributed by atoms with Gasteiger partial charge in [0.2, 0.25) is 0 Å². The number of aromatic nitrogens is 1. The number of piperazine rings is 1. The first-order valence-corrected chi connectivity index (χ1v) is 14.0. The van der Waals surface area contributed by atoms with Crippen LogP contribution in [-0.4, -0.2) is 79.7 Å². The van der Waals surface area contributed by atoms with Crippen molar-refractivity contribution in [2.75, 3.05) is 69.2 Å². The summed E-state index contributed by atoms with van der Waals surface area (Å²) >= 11 is 0. The highest BCUT2D eigenvalue weighted by Gasteiger charge is 2.26. The molecule has 0 atom stereocenters. The first kappa shape index (κ1) is 27.2. The number of nitrogens with one attached hydrogen (secondary N) is 1. The van der Waals surface area contributed by atoms with Gasteiger partial charge in [-0.2, -0.15) is 4.98 Å². The third kappa shape index (κ3) is 5.49. The molecular formula is C31H33F2N5O3. The fourth-order valence-corrected chi connectivity index (χ4v) is 5.60. The summed E-state index contributed by atoms with van der Waals surface area (Å²) in [7, 11) is 0. The lowest BCUT2D eigenvalue weighted by Gasteiger charge is -2.36. The minimum Gasteiger partial charge on any atom is -0.423 e. The molecule has 0 bridgehead atoms. The van der Waals surface area contributed by atoms with Gasteiger partial charge in [0.15, 0.2) is 5.58 Å². The molecule has 41 heavy (non-hydrogen) atoms. The van der Waals surface area contributed by atoms with Crippen LogP contribution in [0.15, 0.2) is 52.9 Å². The quantitative estimate of drug-likeness (QED) is 0.336. The minimum absolute atomic E-state index is 0.259. The van der Waals surface area contributed by atoms with Gasteiger partial charge in [0.25, 0.3) is 11.9 Å². The number of halogens is 2. The third-order valence-corrected chi connectivity index (χ3v) is 7.89. The maximum Gasteiger partial charge on any atom is 0.300 e. The van der Waals surface area contributed by atoms with E-state index in [1.54, 1.807) is 18.2 Å². The summed E-state index contributed by atoms with van der Waals surface area (Å²) < 4.78 is 41.6. The molecule has 0 unspecified atom stereocenters. The number of nitrogens with zero attached hydrogens (tertiary/aromatic N) is 4. The highest BCUT2D eigenvalue weighted by Crippen LogP contribution is 2.34. The Morgan fingerprint density at radius 1 is 0.976 bits per heavy atom. The average molecular weight is 562 g/mol. The summed E-state index contributed by atoms with van der Waals surface area (Å²) in [5.74, 6) is -2.51. The number of morpholine rings is 1. The van der Waals surface area contributed by atoms with E-state index >= 15 is 8.78 Å². The Morgan fingerprint density at radius 3 is 2.39 bits per heavy atom. The Morgan fingerprint density at radius 2 is 1.71 bits per heavy atom. The zero-order valence-corrected chi connectivity index (χ0v) is 23.3. The Kier molecular flexibility index (Phi) is 7.59. The number of carbonyl (C=O) groups excluding carboxylic acids is 1. The van der Waals surface area contributed by atoms with Crippen molar-refractivity contribution in [2.24, 2.45) is 0 Å². The molecule has 214 valence electrons. The second kappa shape index (κ2) is 11.5. The van der Waals surface area contributed by atoms with E-state index in [1.807, 2.05) is 6.07 Å². The molecule has 0 aliphatic carbocycles. The molecule has 3 aromatic carbocycles. The molecule has 4 aromatic rings. The number of benzene rings is 3. The van der Waals surface area contributed by atoms with Crippen molar-refractivity contribution >= 4 is 34.4 Å². The van der Waals surface area contributed by atoms with Crippen LogP contribution >= 0.6 is 0 Å². The standard InChI is InChI=1S/C31H33F2N5O3/c1-3-36-9-11-37(12-10-36)27-8-7-22(17-20(27)2)34-31-35-26-6-4-5-23(29(26)41-31)21-18-24(32)28(25(33)19-21)30(39)38-13-15-40-16-14-38/h4-8,17-19H,3,9-16H2,1-2H3,(H,34,35). The van der Waals surface area contributed by atoms with E-state index in [4.69, 9.17) is 9.15 Å². The molecule has 0 radical (unpaired) electrons. The van der Waals surface area contributed by atoms with Gasteiger partial charge in [0, 0.05) is 56.2 Å². The Hall–Kier alpha value is -4.02. The smallest absolute Gasteiger partial charge is 0.300 e. The number of amides is 1. The molecule has 1 aromatic heterocycles. The maximum absolute atomic E-state index is 15.2. The van der Waals surface area contributed by atoms with Gasteiger partial charge in [0.1, 0.15) is 22.7 Å². The SMILES string of the molecule is CCN1CCN(c2ccc(Nc3nc4cccc(-c5cc(F)c(C(=O)N6CCOCC6)c(F)c5)c4o3)cc2C)CC1. The number of fused-ring (bicyclic) bond motifs is 1. The topological polar surface area (TPSA) is 74.1 Å². The van der Waals surface area contributed by atoms with Gasteiger partial charge >= 0.3 is 0 Å². The normalized spacial score (nSPS) is 16.4. The lowest BCUT2D eigenvalue weighted by molar-refractivity contribution is 0.0296. The van der Waals surface area contributed by atoms with Crippen molar-refractivity contribution in [3.8, 4) is 11.1 Å². The van der Waals surface area contributed by atoms with Gasteiger partial charge in [-0.1, -0.05) is 19.1 Å². The predicted molar refractivity (Wildman–Crippen MR) is 155 cm³/mol. The van der Waals surface area contributed by atoms with Gasteiger partial charge in [-0.15, -0.1) is 0 Å². The number of likely N-dealkylation sites (N-methyl/N-ethyl adjacent to an activating group) is 1. The predicted octanol–water partition coefficient (Wildman–Crippen LogP) is 5.44. The average Bonchev–Trinajstić information content (AvgIpc) is 3.40. The molecule has 6 rings (SSSR count). The summed E-state index contributed by atoms with van der Waals surface area (Å²) in [4.78, 5) is 23.6. The van der Waals surface area contributed by atoms with Crippen molar-refractivity contribution in [1.82, 2.24) is 14.8 Å². The number of hydrogen-bond acceptors (Lipinski definition) is 7. The van der Waals surface area contributed by atoms with Crippen LogP contribution in [0.5, 0.6) is 0 Å². The third-order valence-electron chi connectivity index (χ3n) is 7.89. The summed E-state index contributed by atoms with van der Waals surface area (Å²) in [6.45, 7) is 10.8. The van der Waals surface area contributed by atoms with E-state index in [0.717, 1.165) is 44.0 Å². The van der Waals surface area contributed by atoms with Crippen molar-refractivity contribution in [1.29, 1.82) is 0 Å². The first-order valence-electron chi connectivity index (χ1n) is 14.0. The number of para-hydroxylation sites is 1. The Labute approximate surface area is 237 Å². The maximum atomic E-state index is 15.2. The van der Waals surface area contributed by atoms with E-state index in [0.29, 0.717) is 43.0 Å². The van der Waals surface area contributed by atoms with E-state index in [2.05, 4.69) is 46.1 Å². The van der Waals surface area contributed by atoms with E-state index in [9.17, 15) is 4.79 Å². The molecule has 3 heterocycles.